The molecule has 4 nitrogen and oxygen atoms in total. The zero-order valence-electron chi connectivity index (χ0n) is 8.74. The van der Waals surface area contributed by atoms with Crippen LogP contribution >= 0.6 is 0 Å². The molecule has 82 valence electrons. The minimum Gasteiger partial charge on any atom is -0.298 e. The van der Waals surface area contributed by atoms with E-state index >= 15 is 0 Å². The van der Waals surface area contributed by atoms with Gasteiger partial charge in [-0.25, -0.2) is 13.3 Å². The van der Waals surface area contributed by atoms with Gasteiger partial charge in [0.05, 0.1) is 0 Å². The molecule has 0 amide bonds. The molecule has 2 rings (SSSR count). The number of hydrogen-bond acceptors (Lipinski definition) is 3. The molecular formula is C9H19N3OS. The van der Waals surface area contributed by atoms with Gasteiger partial charge in [0.25, 0.3) is 0 Å². The first kappa shape index (κ1) is 10.4. The Morgan fingerprint density at radius 2 is 1.79 bits per heavy atom. The van der Waals surface area contributed by atoms with E-state index in [0.29, 0.717) is 0 Å². The minimum atomic E-state index is -2.46. The molecule has 1 heterocycles. The van der Waals surface area contributed by atoms with Crippen molar-refractivity contribution in [2.75, 3.05) is 32.4 Å². The fourth-order valence-corrected chi connectivity index (χ4v) is 3.03. The third-order valence-electron chi connectivity index (χ3n) is 3.36. The van der Waals surface area contributed by atoms with Gasteiger partial charge in [-0.05, 0) is 12.8 Å². The van der Waals surface area contributed by atoms with Crippen LogP contribution < -0.4 is 0 Å². The van der Waals surface area contributed by atoms with Crippen LogP contribution in [0.1, 0.15) is 19.3 Å². The van der Waals surface area contributed by atoms with E-state index in [1.165, 1.54) is 25.5 Å². The van der Waals surface area contributed by atoms with Crippen molar-refractivity contribution in [1.82, 2.24) is 9.21 Å². The topological polar surface area (TPSA) is 47.4 Å². The summed E-state index contributed by atoms with van der Waals surface area (Å²) in [5.74, 6) is 0. The van der Waals surface area contributed by atoms with E-state index in [4.69, 9.17) is 4.78 Å². The lowest BCUT2D eigenvalue weighted by molar-refractivity contribution is 0.0900. The van der Waals surface area contributed by atoms with E-state index < -0.39 is 9.92 Å². The highest BCUT2D eigenvalue weighted by Crippen LogP contribution is 2.25. The summed E-state index contributed by atoms with van der Waals surface area (Å²) in [6, 6.07) is 0.788. The second-order valence-corrected chi connectivity index (χ2v) is 6.47. The number of rotatable bonds is 2. The highest BCUT2D eigenvalue weighted by Gasteiger charge is 2.29. The largest absolute Gasteiger partial charge is 0.298 e. The van der Waals surface area contributed by atoms with Crippen molar-refractivity contribution in [2.45, 2.75) is 25.3 Å². The maximum Gasteiger partial charge on any atom is 0.104 e. The van der Waals surface area contributed by atoms with Gasteiger partial charge in [-0.1, -0.05) is 6.42 Å². The van der Waals surface area contributed by atoms with E-state index in [2.05, 4.69) is 4.90 Å². The molecule has 2 fully saturated rings. The van der Waals surface area contributed by atoms with Crippen molar-refractivity contribution >= 4 is 9.92 Å². The predicted octanol–water partition coefficient (Wildman–Crippen LogP) is 0.748. The molecule has 2 aliphatic rings. The van der Waals surface area contributed by atoms with Crippen LogP contribution in [0.15, 0.2) is 0 Å². The van der Waals surface area contributed by atoms with Crippen molar-refractivity contribution in [3.05, 3.63) is 0 Å². The predicted molar refractivity (Wildman–Crippen MR) is 57.6 cm³/mol. The van der Waals surface area contributed by atoms with Gasteiger partial charge in [0, 0.05) is 38.5 Å². The number of nitrogens with one attached hydrogen (secondary N) is 1. The minimum absolute atomic E-state index is 0.788. The van der Waals surface area contributed by atoms with E-state index in [0.717, 1.165) is 32.2 Å². The molecule has 0 bridgehead atoms. The van der Waals surface area contributed by atoms with Crippen molar-refractivity contribution in [3.63, 3.8) is 0 Å². The molecule has 0 radical (unpaired) electrons. The second kappa shape index (κ2) is 3.79. The smallest absolute Gasteiger partial charge is 0.104 e. The Kier molecular flexibility index (Phi) is 2.81. The third kappa shape index (κ3) is 2.10. The van der Waals surface area contributed by atoms with Crippen molar-refractivity contribution in [3.8, 4) is 0 Å². The standard InChI is InChI=1S/C9H19N3OS/c1-14(10,13)12-7-5-11(6-8-12)9-3-2-4-9/h9-10H,2-8H2,1H3. The van der Waals surface area contributed by atoms with Gasteiger partial charge >= 0.3 is 0 Å². The van der Waals surface area contributed by atoms with E-state index in [1.54, 1.807) is 0 Å². The van der Waals surface area contributed by atoms with Gasteiger partial charge in [0.2, 0.25) is 0 Å². The van der Waals surface area contributed by atoms with Gasteiger partial charge < -0.3 is 0 Å². The summed E-state index contributed by atoms with van der Waals surface area (Å²) in [5, 5.41) is 0. The van der Waals surface area contributed by atoms with Crippen LogP contribution in [0.3, 0.4) is 0 Å². The highest BCUT2D eigenvalue weighted by atomic mass is 32.2. The molecule has 0 spiro atoms. The average Bonchev–Trinajstić information content (AvgIpc) is 2.00. The lowest BCUT2D eigenvalue weighted by Gasteiger charge is -2.42. The molecule has 0 aromatic rings. The lowest BCUT2D eigenvalue weighted by atomic mass is 9.91. The van der Waals surface area contributed by atoms with Crippen LogP contribution in [-0.2, 0) is 9.92 Å². The molecule has 1 aliphatic carbocycles. The van der Waals surface area contributed by atoms with E-state index in [-0.39, 0.29) is 0 Å². The van der Waals surface area contributed by atoms with Crippen molar-refractivity contribution in [1.29, 1.82) is 4.78 Å². The quantitative estimate of drug-likeness (QED) is 0.742. The Balaban J connectivity index is 1.85. The average molecular weight is 217 g/mol. The lowest BCUT2D eigenvalue weighted by Crippen LogP contribution is -2.53. The van der Waals surface area contributed by atoms with Crippen LogP contribution in [0.4, 0.5) is 0 Å². The monoisotopic (exact) mass is 217 g/mol. The van der Waals surface area contributed by atoms with E-state index in [1.807, 2.05) is 4.31 Å². The summed E-state index contributed by atoms with van der Waals surface area (Å²) in [5.41, 5.74) is 0. The van der Waals surface area contributed by atoms with Crippen molar-refractivity contribution < 1.29 is 4.21 Å². The molecule has 1 aliphatic heterocycles. The molecular weight excluding hydrogens is 198 g/mol. The summed E-state index contributed by atoms with van der Waals surface area (Å²) >= 11 is 0. The maximum atomic E-state index is 11.5. The normalized spacial score (nSPS) is 30.9. The molecule has 1 N–H and O–H groups in total. The van der Waals surface area contributed by atoms with Crippen LogP contribution in [0, 0.1) is 4.78 Å². The molecule has 5 heteroatoms. The number of nitrogens with zero attached hydrogens (tertiary/aromatic N) is 2. The molecule has 1 saturated heterocycles. The fourth-order valence-electron chi connectivity index (χ4n) is 2.17. The summed E-state index contributed by atoms with van der Waals surface area (Å²) in [6.45, 7) is 3.59. The molecule has 1 saturated carbocycles. The van der Waals surface area contributed by atoms with Gasteiger partial charge in [-0.3, -0.25) is 4.90 Å². The van der Waals surface area contributed by atoms with Crippen LogP contribution in [0.5, 0.6) is 0 Å². The summed E-state index contributed by atoms with van der Waals surface area (Å²) in [6.07, 6.45) is 5.56. The number of piperazine rings is 1. The van der Waals surface area contributed by atoms with E-state index in [9.17, 15) is 4.21 Å². The van der Waals surface area contributed by atoms with Crippen LogP contribution in [0.25, 0.3) is 0 Å². The molecule has 1 atom stereocenters. The zero-order chi connectivity index (χ0) is 10.2. The first-order valence-electron chi connectivity index (χ1n) is 5.30. The zero-order valence-corrected chi connectivity index (χ0v) is 9.55. The Bertz CT molecular complexity index is 289. The fraction of sp³-hybridized carbons (Fsp3) is 1.00. The maximum absolute atomic E-state index is 11.5. The van der Waals surface area contributed by atoms with Gasteiger partial charge in [-0.15, -0.1) is 0 Å². The Labute approximate surface area is 86.4 Å². The van der Waals surface area contributed by atoms with Crippen molar-refractivity contribution in [2.24, 2.45) is 0 Å². The third-order valence-corrected chi connectivity index (χ3v) is 4.71. The summed E-state index contributed by atoms with van der Waals surface area (Å²) < 4.78 is 20.8. The molecule has 0 aromatic carbocycles. The molecule has 1 unspecified atom stereocenters. The Morgan fingerprint density at radius 3 is 2.14 bits per heavy atom. The first-order chi connectivity index (χ1) is 6.57. The molecule has 0 aromatic heterocycles. The first-order valence-corrected chi connectivity index (χ1v) is 7.22. The van der Waals surface area contributed by atoms with Gasteiger partial charge in [-0.2, -0.15) is 0 Å². The van der Waals surface area contributed by atoms with Gasteiger partial charge in [0.1, 0.15) is 9.92 Å². The highest BCUT2D eigenvalue weighted by molar-refractivity contribution is 7.89. The van der Waals surface area contributed by atoms with Crippen LogP contribution in [-0.4, -0.2) is 51.9 Å². The number of hydrogen-bond donors (Lipinski definition) is 1. The summed E-state index contributed by atoms with van der Waals surface area (Å²) in [4.78, 5) is 2.49. The van der Waals surface area contributed by atoms with Crippen LogP contribution in [0.2, 0.25) is 0 Å². The Morgan fingerprint density at radius 1 is 1.21 bits per heavy atom. The van der Waals surface area contributed by atoms with Gasteiger partial charge in [0.15, 0.2) is 0 Å². The summed E-state index contributed by atoms with van der Waals surface area (Å²) in [7, 11) is -2.46. The Hall–Kier alpha value is -0.130. The molecule has 14 heavy (non-hydrogen) atoms. The SMILES string of the molecule is CS(=N)(=O)N1CCN(C2CCC2)CC1. The second-order valence-electron chi connectivity index (χ2n) is 4.35.